The van der Waals surface area contributed by atoms with E-state index in [1.54, 1.807) is 19.9 Å². The summed E-state index contributed by atoms with van der Waals surface area (Å²) in [6.07, 6.45) is 2.85. The molecule has 0 spiro atoms. The van der Waals surface area contributed by atoms with Crippen molar-refractivity contribution in [2.45, 2.75) is 27.7 Å². The maximum atomic E-state index is 11.8. The van der Waals surface area contributed by atoms with Gasteiger partial charge in [0.15, 0.2) is 0 Å². The smallest absolute Gasteiger partial charge is 0.410 e. The molecule has 0 atom stereocenters. The Morgan fingerprint density at radius 2 is 1.75 bits per heavy atom. The van der Waals surface area contributed by atoms with Crippen LogP contribution in [0.5, 0.6) is 0 Å². The predicted octanol–water partition coefficient (Wildman–Crippen LogP) is 4.23. The highest BCUT2D eigenvalue weighted by atomic mass is 35.5. The molecule has 4 nitrogen and oxygen atoms in total. The van der Waals surface area contributed by atoms with Crippen molar-refractivity contribution in [3.05, 3.63) is 22.9 Å². The van der Waals surface area contributed by atoms with E-state index in [2.05, 4.69) is 0 Å². The first-order chi connectivity index (χ1) is 7.43. The van der Waals surface area contributed by atoms with Gasteiger partial charge in [0, 0.05) is 0 Å². The Morgan fingerprint density at radius 1 is 1.25 bits per heavy atom. The van der Waals surface area contributed by atoms with Gasteiger partial charge in [-0.05, 0) is 33.8 Å². The van der Waals surface area contributed by atoms with Crippen LogP contribution in [0, 0.1) is 0 Å². The molecule has 0 saturated carbocycles. The van der Waals surface area contributed by atoms with Crippen LogP contribution < -0.4 is 0 Å². The van der Waals surface area contributed by atoms with Crippen molar-refractivity contribution < 1.29 is 18.1 Å². The van der Waals surface area contributed by atoms with Crippen molar-refractivity contribution in [3.8, 4) is 0 Å². The van der Waals surface area contributed by atoms with Crippen molar-refractivity contribution >= 4 is 19.4 Å². The van der Waals surface area contributed by atoms with Gasteiger partial charge in [-0.3, -0.25) is 9.05 Å². The molecular formula is C10H18ClO4P. The fourth-order valence-electron chi connectivity index (χ4n) is 0.839. The molecule has 0 fully saturated rings. The van der Waals surface area contributed by atoms with E-state index in [1.165, 1.54) is 6.26 Å². The highest BCUT2D eigenvalue weighted by Crippen LogP contribution is 2.49. The molecule has 0 aliphatic heterocycles. The molecule has 0 saturated heterocycles. The highest BCUT2D eigenvalue weighted by molar-refractivity contribution is 7.48. The quantitative estimate of drug-likeness (QED) is 0.394. The van der Waals surface area contributed by atoms with Crippen LogP contribution in [-0.4, -0.2) is 13.2 Å². The lowest BCUT2D eigenvalue weighted by molar-refractivity contribution is 0.153. The Bertz CT molecular complexity index is 298. The van der Waals surface area contributed by atoms with Gasteiger partial charge < -0.3 is 4.52 Å². The van der Waals surface area contributed by atoms with E-state index >= 15 is 0 Å². The molecule has 0 heterocycles. The molecule has 0 aromatic carbocycles. The molecule has 94 valence electrons. The lowest BCUT2D eigenvalue weighted by Crippen LogP contribution is -1.96. The summed E-state index contributed by atoms with van der Waals surface area (Å²) in [5.74, 6) is 0. The van der Waals surface area contributed by atoms with Crippen LogP contribution in [0.2, 0.25) is 0 Å². The summed E-state index contributed by atoms with van der Waals surface area (Å²) >= 11 is 5.81. The van der Waals surface area contributed by atoms with Crippen molar-refractivity contribution in [3.63, 3.8) is 0 Å². The van der Waals surface area contributed by atoms with E-state index in [0.717, 1.165) is 5.57 Å². The van der Waals surface area contributed by atoms with Crippen molar-refractivity contribution in [1.29, 1.82) is 0 Å². The van der Waals surface area contributed by atoms with Gasteiger partial charge in [-0.1, -0.05) is 17.2 Å². The molecule has 0 aliphatic carbocycles. The SMILES string of the molecule is CCOP(=O)(O/C=C(\Cl)C=C(C)C)OCC. The molecule has 0 unspecified atom stereocenters. The zero-order chi connectivity index (χ0) is 12.6. The summed E-state index contributed by atoms with van der Waals surface area (Å²) in [6.45, 7) is 7.67. The van der Waals surface area contributed by atoms with Crippen molar-refractivity contribution in [2.75, 3.05) is 13.2 Å². The van der Waals surface area contributed by atoms with E-state index in [0.29, 0.717) is 5.03 Å². The second kappa shape index (κ2) is 7.91. The van der Waals surface area contributed by atoms with Gasteiger partial charge in [0.2, 0.25) is 0 Å². The average Bonchev–Trinajstić information content (AvgIpc) is 2.15. The summed E-state index contributed by atoms with van der Waals surface area (Å²) in [4.78, 5) is 0. The van der Waals surface area contributed by atoms with Crippen LogP contribution in [0.3, 0.4) is 0 Å². The van der Waals surface area contributed by atoms with Crippen LogP contribution in [0.25, 0.3) is 0 Å². The van der Waals surface area contributed by atoms with E-state index in [1.807, 2.05) is 13.8 Å². The number of hydrogen-bond donors (Lipinski definition) is 0. The molecule has 0 N–H and O–H groups in total. The summed E-state index contributed by atoms with van der Waals surface area (Å²) in [6, 6.07) is 0. The topological polar surface area (TPSA) is 44.8 Å². The van der Waals surface area contributed by atoms with Gasteiger partial charge in [-0.25, -0.2) is 4.57 Å². The monoisotopic (exact) mass is 268 g/mol. The maximum Gasteiger partial charge on any atom is 0.529 e. The molecule has 0 aromatic heterocycles. The third kappa shape index (κ3) is 7.07. The molecule has 0 bridgehead atoms. The number of hydrogen-bond acceptors (Lipinski definition) is 4. The van der Waals surface area contributed by atoms with Gasteiger partial charge in [0.05, 0.1) is 18.2 Å². The van der Waals surface area contributed by atoms with E-state index < -0.39 is 7.82 Å². The van der Waals surface area contributed by atoms with Gasteiger partial charge in [0.1, 0.15) is 6.26 Å². The van der Waals surface area contributed by atoms with Gasteiger partial charge >= 0.3 is 7.82 Å². The van der Waals surface area contributed by atoms with E-state index in [-0.39, 0.29) is 13.2 Å². The normalized spacial score (nSPS) is 12.4. The molecule has 0 aliphatic rings. The summed E-state index contributed by atoms with van der Waals surface area (Å²) in [5.41, 5.74) is 1.01. The van der Waals surface area contributed by atoms with Crippen LogP contribution >= 0.6 is 19.4 Å². The van der Waals surface area contributed by atoms with Crippen molar-refractivity contribution in [1.82, 2.24) is 0 Å². The largest absolute Gasteiger partial charge is 0.529 e. The van der Waals surface area contributed by atoms with E-state index in [9.17, 15) is 4.57 Å². The third-order valence-electron chi connectivity index (χ3n) is 1.30. The highest BCUT2D eigenvalue weighted by Gasteiger charge is 2.25. The van der Waals surface area contributed by atoms with Crippen LogP contribution in [0.15, 0.2) is 22.9 Å². The predicted molar refractivity (Wildman–Crippen MR) is 65.3 cm³/mol. The first-order valence-electron chi connectivity index (χ1n) is 5.01. The average molecular weight is 269 g/mol. The third-order valence-corrected chi connectivity index (χ3v) is 3.01. The second-order valence-corrected chi connectivity index (χ2v) is 5.17. The second-order valence-electron chi connectivity index (χ2n) is 3.11. The minimum absolute atomic E-state index is 0.241. The van der Waals surface area contributed by atoms with Crippen LogP contribution in [-0.2, 0) is 18.1 Å². The number of allylic oxidation sites excluding steroid dienone is 3. The Balaban J connectivity index is 4.53. The number of phosphoric ester groups is 1. The summed E-state index contributed by atoms with van der Waals surface area (Å²) < 4.78 is 26.6. The Hall–Kier alpha value is -0.280. The van der Waals surface area contributed by atoms with Gasteiger partial charge in [0.25, 0.3) is 0 Å². The van der Waals surface area contributed by atoms with Crippen LogP contribution in [0.4, 0.5) is 0 Å². The standard InChI is InChI=1S/C10H18ClO4P/c1-5-13-16(12,14-6-2)15-8-10(11)7-9(3)4/h7-8H,5-6H2,1-4H3/b10-8-. The Morgan fingerprint density at radius 3 is 2.12 bits per heavy atom. The number of phosphoric acid groups is 1. The van der Waals surface area contributed by atoms with Crippen LogP contribution in [0.1, 0.15) is 27.7 Å². The Labute approximate surface area is 102 Å². The zero-order valence-corrected chi connectivity index (χ0v) is 11.7. The molecule has 6 heteroatoms. The molecule has 16 heavy (non-hydrogen) atoms. The molecular weight excluding hydrogens is 251 g/mol. The van der Waals surface area contributed by atoms with E-state index in [4.69, 9.17) is 25.2 Å². The molecule has 0 radical (unpaired) electrons. The lowest BCUT2D eigenvalue weighted by Gasteiger charge is -2.14. The zero-order valence-electron chi connectivity index (χ0n) is 10.0. The van der Waals surface area contributed by atoms with Gasteiger partial charge in [-0.15, -0.1) is 0 Å². The fraction of sp³-hybridized carbons (Fsp3) is 0.600. The fourth-order valence-corrected chi connectivity index (χ4v) is 2.24. The molecule has 0 rings (SSSR count). The first-order valence-corrected chi connectivity index (χ1v) is 6.85. The molecule has 0 amide bonds. The molecule has 0 aromatic rings. The van der Waals surface area contributed by atoms with Crippen molar-refractivity contribution in [2.24, 2.45) is 0 Å². The first kappa shape index (κ1) is 15.7. The minimum Gasteiger partial charge on any atom is -0.410 e. The van der Waals surface area contributed by atoms with Gasteiger partial charge in [-0.2, -0.15) is 0 Å². The maximum absolute atomic E-state index is 11.8. The number of halogens is 1. The minimum atomic E-state index is -3.51. The summed E-state index contributed by atoms with van der Waals surface area (Å²) in [5, 5.41) is 0.333. The number of rotatable bonds is 7. The lowest BCUT2D eigenvalue weighted by atomic mass is 10.3. The summed E-state index contributed by atoms with van der Waals surface area (Å²) in [7, 11) is -3.51. The Kier molecular flexibility index (Phi) is 7.77.